The van der Waals surface area contributed by atoms with Gasteiger partial charge >= 0.3 is 12.1 Å². The SMILES string of the molecule is CCOC(=O)[C@@](NCCc1ccc(OC)cc1)(NS(=O)(=O)c1ccc(C)cc1)C(F)(F)F. The van der Waals surface area contributed by atoms with Crippen molar-refractivity contribution in [1.29, 1.82) is 0 Å². The lowest BCUT2D eigenvalue weighted by molar-refractivity contribution is -0.216. The summed E-state index contributed by atoms with van der Waals surface area (Å²) in [6.07, 6.45) is -5.26. The van der Waals surface area contributed by atoms with E-state index < -0.39 is 32.7 Å². The Morgan fingerprint density at radius 2 is 1.62 bits per heavy atom. The Kier molecular flexibility index (Phi) is 8.27. The first kappa shape index (κ1) is 25.6. The summed E-state index contributed by atoms with van der Waals surface area (Å²) >= 11 is 0. The second-order valence-corrected chi connectivity index (χ2v) is 8.59. The molecule has 32 heavy (non-hydrogen) atoms. The molecule has 0 saturated heterocycles. The molecule has 0 unspecified atom stereocenters. The summed E-state index contributed by atoms with van der Waals surface area (Å²) < 4.78 is 79.2. The number of esters is 1. The van der Waals surface area contributed by atoms with E-state index in [1.54, 1.807) is 31.2 Å². The van der Waals surface area contributed by atoms with Crippen LogP contribution in [0.15, 0.2) is 53.4 Å². The lowest BCUT2D eigenvalue weighted by atomic mass is 10.1. The van der Waals surface area contributed by atoms with E-state index in [2.05, 4.69) is 10.1 Å². The minimum absolute atomic E-state index is 0.0769. The molecule has 0 aliphatic carbocycles. The van der Waals surface area contributed by atoms with Crippen LogP contribution in [0.5, 0.6) is 5.75 Å². The maximum Gasteiger partial charge on any atom is 0.432 e. The predicted molar refractivity (Wildman–Crippen MR) is 112 cm³/mol. The van der Waals surface area contributed by atoms with Gasteiger partial charge in [-0.1, -0.05) is 29.8 Å². The van der Waals surface area contributed by atoms with Gasteiger partial charge in [0.15, 0.2) is 0 Å². The molecule has 0 aliphatic heterocycles. The van der Waals surface area contributed by atoms with Crippen molar-refractivity contribution in [1.82, 2.24) is 10.0 Å². The molecule has 2 N–H and O–H groups in total. The van der Waals surface area contributed by atoms with Crippen LogP contribution in [0.4, 0.5) is 13.2 Å². The van der Waals surface area contributed by atoms with Crippen LogP contribution in [0.1, 0.15) is 18.1 Å². The van der Waals surface area contributed by atoms with Crippen molar-refractivity contribution in [2.24, 2.45) is 0 Å². The average molecular weight is 475 g/mol. The van der Waals surface area contributed by atoms with Crippen LogP contribution >= 0.6 is 0 Å². The molecule has 11 heteroatoms. The number of carbonyl (C=O) groups is 1. The number of benzene rings is 2. The molecule has 0 fully saturated rings. The lowest BCUT2D eigenvalue weighted by Crippen LogP contribution is -2.72. The van der Waals surface area contributed by atoms with Crippen LogP contribution in [-0.4, -0.2) is 46.5 Å². The zero-order chi connectivity index (χ0) is 24.0. The molecule has 0 bridgehead atoms. The third kappa shape index (κ3) is 5.99. The molecule has 2 aromatic rings. The summed E-state index contributed by atoms with van der Waals surface area (Å²) in [7, 11) is -3.26. The fourth-order valence-corrected chi connectivity index (χ4v) is 4.11. The minimum Gasteiger partial charge on any atom is -0.497 e. The van der Waals surface area contributed by atoms with Gasteiger partial charge in [-0.05, 0) is 50.1 Å². The fraction of sp³-hybridized carbons (Fsp3) is 0.381. The van der Waals surface area contributed by atoms with E-state index in [1.807, 2.05) is 0 Å². The zero-order valence-electron chi connectivity index (χ0n) is 17.8. The lowest BCUT2D eigenvalue weighted by Gasteiger charge is -2.34. The van der Waals surface area contributed by atoms with Gasteiger partial charge in [-0.3, -0.25) is 5.32 Å². The van der Waals surface area contributed by atoms with E-state index in [0.717, 1.165) is 12.1 Å². The van der Waals surface area contributed by atoms with Gasteiger partial charge in [-0.2, -0.15) is 17.9 Å². The van der Waals surface area contributed by atoms with E-state index >= 15 is 0 Å². The van der Waals surface area contributed by atoms with E-state index in [1.165, 1.54) is 30.9 Å². The smallest absolute Gasteiger partial charge is 0.432 e. The molecule has 2 rings (SSSR count). The molecule has 0 spiro atoms. The van der Waals surface area contributed by atoms with Crippen LogP contribution in [0.25, 0.3) is 0 Å². The second kappa shape index (κ2) is 10.3. The topological polar surface area (TPSA) is 93.7 Å². The number of hydrogen-bond acceptors (Lipinski definition) is 6. The van der Waals surface area contributed by atoms with Crippen LogP contribution in [0, 0.1) is 6.92 Å². The molecule has 1 atom stereocenters. The minimum atomic E-state index is -5.34. The molecule has 0 amide bonds. The fourth-order valence-electron chi connectivity index (χ4n) is 2.83. The first-order valence-electron chi connectivity index (χ1n) is 9.67. The largest absolute Gasteiger partial charge is 0.497 e. The van der Waals surface area contributed by atoms with Gasteiger partial charge in [0.1, 0.15) is 5.75 Å². The molecule has 0 aliphatic rings. The number of alkyl halides is 3. The number of ether oxygens (including phenoxy) is 2. The third-order valence-electron chi connectivity index (χ3n) is 4.59. The molecule has 0 radical (unpaired) electrons. The maximum absolute atomic E-state index is 14.2. The summed E-state index contributed by atoms with van der Waals surface area (Å²) in [5, 5.41) is 2.05. The van der Waals surface area contributed by atoms with Crippen LogP contribution in [0.2, 0.25) is 0 Å². The van der Waals surface area contributed by atoms with Gasteiger partial charge in [-0.25, -0.2) is 13.2 Å². The summed E-state index contributed by atoms with van der Waals surface area (Å²) in [6, 6.07) is 11.8. The summed E-state index contributed by atoms with van der Waals surface area (Å²) in [5.74, 6) is -1.22. The highest BCUT2D eigenvalue weighted by atomic mass is 32.2. The Balaban J connectivity index is 2.36. The first-order chi connectivity index (χ1) is 14.9. The average Bonchev–Trinajstić information content (AvgIpc) is 2.73. The van der Waals surface area contributed by atoms with Crippen LogP contribution in [0.3, 0.4) is 0 Å². The Morgan fingerprint density at radius 1 is 1.03 bits per heavy atom. The number of carbonyl (C=O) groups excluding carboxylic acids is 1. The second-order valence-electron chi connectivity index (χ2n) is 6.91. The maximum atomic E-state index is 14.2. The molecule has 0 aromatic heterocycles. The van der Waals surface area contributed by atoms with Crippen molar-refractivity contribution in [3.63, 3.8) is 0 Å². The third-order valence-corrected chi connectivity index (χ3v) is 6.06. The van der Waals surface area contributed by atoms with Gasteiger partial charge in [0.05, 0.1) is 18.6 Å². The van der Waals surface area contributed by atoms with Gasteiger partial charge in [-0.15, -0.1) is 0 Å². The highest BCUT2D eigenvalue weighted by molar-refractivity contribution is 7.89. The number of rotatable bonds is 10. The van der Waals surface area contributed by atoms with Crippen molar-refractivity contribution >= 4 is 16.0 Å². The van der Waals surface area contributed by atoms with E-state index in [4.69, 9.17) is 4.74 Å². The number of nitrogens with one attached hydrogen (secondary N) is 2. The standard InChI is InChI=1S/C21H25F3N2O5S/c1-4-31-19(27)20(21(22,23)24,25-14-13-16-7-9-17(30-3)10-8-16)26-32(28,29)18-11-5-15(2)6-12-18/h5-12,25-26H,4,13-14H2,1-3H3/t20-/m1/s1. The molecule has 176 valence electrons. The predicted octanol–water partition coefficient (Wildman–Crippen LogP) is 2.94. The number of sulfonamides is 1. The summed E-state index contributed by atoms with van der Waals surface area (Å²) in [4.78, 5) is 12.0. The monoisotopic (exact) mass is 474 g/mol. The Morgan fingerprint density at radius 3 is 2.12 bits per heavy atom. The molecule has 7 nitrogen and oxygen atoms in total. The summed E-state index contributed by atoms with van der Waals surface area (Å²) in [5.41, 5.74) is -2.30. The Labute approximate surface area is 185 Å². The summed E-state index contributed by atoms with van der Waals surface area (Å²) in [6.45, 7) is 2.28. The number of hydrogen-bond donors (Lipinski definition) is 2. The first-order valence-corrected chi connectivity index (χ1v) is 11.2. The molecule has 0 saturated carbocycles. The Hall–Kier alpha value is -2.63. The van der Waals surface area contributed by atoms with Crippen molar-refractivity contribution in [2.45, 2.75) is 37.0 Å². The van der Waals surface area contributed by atoms with Gasteiger partial charge in [0.25, 0.3) is 5.66 Å². The van der Waals surface area contributed by atoms with Gasteiger partial charge in [0.2, 0.25) is 10.0 Å². The van der Waals surface area contributed by atoms with Crippen LogP contribution < -0.4 is 14.8 Å². The van der Waals surface area contributed by atoms with E-state index in [0.29, 0.717) is 16.9 Å². The van der Waals surface area contributed by atoms with Crippen molar-refractivity contribution < 1.29 is 35.9 Å². The van der Waals surface area contributed by atoms with Crippen LogP contribution in [-0.2, 0) is 26.0 Å². The van der Waals surface area contributed by atoms with Gasteiger partial charge in [0, 0.05) is 6.54 Å². The number of methoxy groups -OCH3 is 1. The van der Waals surface area contributed by atoms with E-state index in [9.17, 15) is 26.4 Å². The Bertz CT molecular complexity index is 1010. The molecular weight excluding hydrogens is 449 g/mol. The number of halogens is 3. The highest BCUT2D eigenvalue weighted by Gasteiger charge is 2.64. The molecule has 2 aromatic carbocycles. The van der Waals surface area contributed by atoms with E-state index in [-0.39, 0.29) is 19.6 Å². The zero-order valence-corrected chi connectivity index (χ0v) is 18.6. The normalized spacial score (nSPS) is 13.9. The van der Waals surface area contributed by atoms with Crippen molar-refractivity contribution in [3.8, 4) is 5.75 Å². The van der Waals surface area contributed by atoms with Crippen molar-refractivity contribution in [2.75, 3.05) is 20.3 Å². The number of aryl methyl sites for hydroxylation is 1. The van der Waals surface area contributed by atoms with Gasteiger partial charge < -0.3 is 9.47 Å². The highest BCUT2D eigenvalue weighted by Crippen LogP contribution is 2.31. The molecular formula is C21H25F3N2O5S. The molecule has 0 heterocycles. The van der Waals surface area contributed by atoms with Crippen molar-refractivity contribution in [3.05, 3.63) is 59.7 Å². The quantitative estimate of drug-likeness (QED) is 0.406.